The second-order valence-electron chi connectivity index (χ2n) is 5.17. The van der Waals surface area contributed by atoms with Crippen LogP contribution in [0.15, 0.2) is 41.5 Å². The lowest BCUT2D eigenvalue weighted by Gasteiger charge is -2.08. The van der Waals surface area contributed by atoms with Gasteiger partial charge in [-0.3, -0.25) is 14.2 Å². The number of methoxy groups -OCH3 is 1. The van der Waals surface area contributed by atoms with Crippen molar-refractivity contribution in [1.82, 2.24) is 14.5 Å². The van der Waals surface area contributed by atoms with Crippen LogP contribution in [-0.2, 0) is 11.3 Å². The van der Waals surface area contributed by atoms with E-state index < -0.39 is 0 Å². The number of rotatable bonds is 4. The molecule has 1 aromatic carbocycles. The first-order chi connectivity index (χ1) is 11.1. The Labute approximate surface area is 131 Å². The molecule has 7 heteroatoms. The van der Waals surface area contributed by atoms with Gasteiger partial charge in [-0.15, -0.1) is 0 Å². The highest BCUT2D eigenvalue weighted by Gasteiger charge is 2.10. The molecule has 3 aromatic rings. The standard InChI is InChI=1S/C16H16N4O3/c1-10-6-13-15(18-10)17-9-20(16(13)22)8-14(21)19-11-4-3-5-12(7-11)23-2/h3-7,9,18H,8H2,1-2H3,(H,19,21). The molecule has 2 N–H and O–H groups in total. The van der Waals surface area contributed by atoms with Crippen molar-refractivity contribution in [2.45, 2.75) is 13.5 Å². The van der Waals surface area contributed by atoms with Crippen molar-refractivity contribution in [3.05, 3.63) is 52.7 Å². The Morgan fingerprint density at radius 1 is 1.39 bits per heavy atom. The maximum atomic E-state index is 12.3. The number of hydrogen-bond donors (Lipinski definition) is 2. The summed E-state index contributed by atoms with van der Waals surface area (Å²) in [5.41, 5.74) is 1.73. The fourth-order valence-corrected chi connectivity index (χ4v) is 2.34. The topological polar surface area (TPSA) is 89.0 Å². The molecule has 0 saturated heterocycles. The van der Waals surface area contributed by atoms with Gasteiger partial charge >= 0.3 is 0 Å². The predicted molar refractivity (Wildman–Crippen MR) is 86.7 cm³/mol. The average Bonchev–Trinajstić information content (AvgIpc) is 2.92. The third-order valence-electron chi connectivity index (χ3n) is 3.42. The third kappa shape index (κ3) is 3.08. The molecule has 1 amide bonds. The Morgan fingerprint density at radius 3 is 3.00 bits per heavy atom. The number of benzene rings is 1. The van der Waals surface area contributed by atoms with Crippen LogP contribution in [0.5, 0.6) is 5.75 Å². The van der Waals surface area contributed by atoms with E-state index in [4.69, 9.17) is 4.74 Å². The monoisotopic (exact) mass is 312 g/mol. The van der Waals surface area contributed by atoms with Gasteiger partial charge in [0.25, 0.3) is 5.56 Å². The number of aromatic nitrogens is 3. The van der Waals surface area contributed by atoms with E-state index >= 15 is 0 Å². The number of carbonyl (C=O) groups is 1. The first kappa shape index (κ1) is 14.8. The van der Waals surface area contributed by atoms with Gasteiger partial charge in [-0.25, -0.2) is 4.98 Å². The molecule has 0 radical (unpaired) electrons. The van der Waals surface area contributed by atoms with Crippen LogP contribution >= 0.6 is 0 Å². The fraction of sp³-hybridized carbons (Fsp3) is 0.188. The highest BCUT2D eigenvalue weighted by atomic mass is 16.5. The number of hydrogen-bond acceptors (Lipinski definition) is 4. The molecule has 118 valence electrons. The summed E-state index contributed by atoms with van der Waals surface area (Å²) in [6.07, 6.45) is 1.37. The van der Waals surface area contributed by atoms with Crippen molar-refractivity contribution >= 4 is 22.6 Å². The molecule has 0 aliphatic rings. The molecule has 7 nitrogen and oxygen atoms in total. The van der Waals surface area contributed by atoms with Crippen LogP contribution in [0.1, 0.15) is 5.69 Å². The molecule has 0 aliphatic carbocycles. The minimum absolute atomic E-state index is 0.108. The van der Waals surface area contributed by atoms with Crippen LogP contribution in [0.3, 0.4) is 0 Å². The first-order valence-corrected chi connectivity index (χ1v) is 7.05. The minimum Gasteiger partial charge on any atom is -0.497 e. The van der Waals surface area contributed by atoms with Crippen LogP contribution in [0.25, 0.3) is 11.0 Å². The van der Waals surface area contributed by atoms with Gasteiger partial charge in [-0.2, -0.15) is 0 Å². The Bertz CT molecular complexity index is 926. The number of carbonyl (C=O) groups excluding carboxylic acids is 1. The molecule has 0 bridgehead atoms. The lowest BCUT2D eigenvalue weighted by Crippen LogP contribution is -2.27. The van der Waals surface area contributed by atoms with E-state index in [0.717, 1.165) is 5.69 Å². The van der Waals surface area contributed by atoms with E-state index in [1.54, 1.807) is 37.4 Å². The molecule has 3 rings (SSSR count). The summed E-state index contributed by atoms with van der Waals surface area (Å²) in [5, 5.41) is 3.20. The van der Waals surface area contributed by atoms with E-state index in [9.17, 15) is 9.59 Å². The number of anilines is 1. The van der Waals surface area contributed by atoms with Gasteiger partial charge in [-0.1, -0.05) is 6.07 Å². The van der Waals surface area contributed by atoms with Crippen molar-refractivity contribution in [3.63, 3.8) is 0 Å². The summed E-state index contributed by atoms with van der Waals surface area (Å²) < 4.78 is 6.39. The molecule has 2 aromatic heterocycles. The molecular weight excluding hydrogens is 296 g/mol. The van der Waals surface area contributed by atoms with Gasteiger partial charge in [0.2, 0.25) is 5.91 Å². The summed E-state index contributed by atoms with van der Waals surface area (Å²) in [6, 6.07) is 8.74. The quantitative estimate of drug-likeness (QED) is 0.767. The van der Waals surface area contributed by atoms with E-state index in [-0.39, 0.29) is 18.0 Å². The number of ether oxygens (including phenoxy) is 1. The number of aryl methyl sites for hydroxylation is 1. The zero-order valence-electron chi connectivity index (χ0n) is 12.8. The lowest BCUT2D eigenvalue weighted by atomic mass is 10.3. The Morgan fingerprint density at radius 2 is 2.22 bits per heavy atom. The number of fused-ring (bicyclic) bond motifs is 1. The summed E-state index contributed by atoms with van der Waals surface area (Å²) in [5.74, 6) is 0.333. The van der Waals surface area contributed by atoms with Gasteiger partial charge in [-0.05, 0) is 25.1 Å². The third-order valence-corrected chi connectivity index (χ3v) is 3.42. The van der Waals surface area contributed by atoms with Crippen LogP contribution in [-0.4, -0.2) is 27.6 Å². The van der Waals surface area contributed by atoms with Gasteiger partial charge in [0.15, 0.2) is 0 Å². The van der Waals surface area contributed by atoms with Gasteiger partial charge in [0.05, 0.1) is 12.5 Å². The van der Waals surface area contributed by atoms with E-state index in [1.165, 1.54) is 10.9 Å². The summed E-state index contributed by atoms with van der Waals surface area (Å²) in [6.45, 7) is 1.74. The van der Waals surface area contributed by atoms with Gasteiger partial charge in [0.1, 0.15) is 24.3 Å². The van der Waals surface area contributed by atoms with Crippen molar-refractivity contribution < 1.29 is 9.53 Å². The number of nitrogens with zero attached hydrogens (tertiary/aromatic N) is 2. The number of aromatic amines is 1. The average molecular weight is 312 g/mol. The zero-order chi connectivity index (χ0) is 16.4. The van der Waals surface area contributed by atoms with Crippen LogP contribution in [0.4, 0.5) is 5.69 Å². The van der Waals surface area contributed by atoms with Gasteiger partial charge in [0, 0.05) is 17.4 Å². The van der Waals surface area contributed by atoms with Gasteiger partial charge < -0.3 is 15.0 Å². The Kier molecular flexibility index (Phi) is 3.84. The van der Waals surface area contributed by atoms with Crippen LogP contribution < -0.4 is 15.6 Å². The molecule has 0 atom stereocenters. The van der Waals surface area contributed by atoms with Crippen molar-refractivity contribution in [2.24, 2.45) is 0 Å². The Hall–Kier alpha value is -3.09. The SMILES string of the molecule is COc1cccc(NC(=O)Cn2cnc3[nH]c(C)cc3c2=O)c1. The summed E-state index contributed by atoms with van der Waals surface area (Å²) in [4.78, 5) is 31.6. The highest BCUT2D eigenvalue weighted by molar-refractivity contribution is 5.90. The van der Waals surface area contributed by atoms with Crippen molar-refractivity contribution in [3.8, 4) is 5.75 Å². The van der Waals surface area contributed by atoms with Crippen LogP contribution in [0.2, 0.25) is 0 Å². The molecule has 0 spiro atoms. The summed E-state index contributed by atoms with van der Waals surface area (Å²) in [7, 11) is 1.56. The molecule has 0 saturated carbocycles. The number of H-pyrrole nitrogens is 1. The van der Waals surface area contributed by atoms with E-state index in [0.29, 0.717) is 22.5 Å². The van der Waals surface area contributed by atoms with E-state index in [1.807, 2.05) is 6.92 Å². The molecule has 0 fully saturated rings. The summed E-state index contributed by atoms with van der Waals surface area (Å²) >= 11 is 0. The largest absolute Gasteiger partial charge is 0.497 e. The maximum Gasteiger partial charge on any atom is 0.263 e. The smallest absolute Gasteiger partial charge is 0.263 e. The first-order valence-electron chi connectivity index (χ1n) is 7.05. The predicted octanol–water partition coefficient (Wildman–Crippen LogP) is 1.68. The normalized spacial score (nSPS) is 10.7. The van der Waals surface area contributed by atoms with Crippen LogP contribution in [0, 0.1) is 6.92 Å². The molecule has 0 unspecified atom stereocenters. The second-order valence-corrected chi connectivity index (χ2v) is 5.17. The van der Waals surface area contributed by atoms with Crippen molar-refractivity contribution in [2.75, 3.05) is 12.4 Å². The lowest BCUT2D eigenvalue weighted by molar-refractivity contribution is -0.116. The molecular formula is C16H16N4O3. The number of nitrogens with one attached hydrogen (secondary N) is 2. The van der Waals surface area contributed by atoms with E-state index in [2.05, 4.69) is 15.3 Å². The zero-order valence-corrected chi connectivity index (χ0v) is 12.8. The molecule has 2 heterocycles. The fourth-order valence-electron chi connectivity index (χ4n) is 2.34. The molecule has 0 aliphatic heterocycles. The minimum atomic E-state index is -0.311. The number of amides is 1. The Balaban J connectivity index is 1.80. The molecule has 23 heavy (non-hydrogen) atoms. The maximum absolute atomic E-state index is 12.3. The second kappa shape index (κ2) is 5.96. The van der Waals surface area contributed by atoms with Crippen molar-refractivity contribution in [1.29, 1.82) is 0 Å². The highest BCUT2D eigenvalue weighted by Crippen LogP contribution is 2.16.